The Hall–Kier alpha value is -3.79. The first-order valence-electron chi connectivity index (χ1n) is 9.65. The highest BCUT2D eigenvalue weighted by Crippen LogP contribution is 2.40. The summed E-state index contributed by atoms with van der Waals surface area (Å²) in [5.41, 5.74) is -0.0130. The van der Waals surface area contributed by atoms with Crippen molar-refractivity contribution < 1.29 is 33.5 Å². The lowest BCUT2D eigenvalue weighted by Gasteiger charge is -2.25. The summed E-state index contributed by atoms with van der Waals surface area (Å²) < 4.78 is 24.1. The van der Waals surface area contributed by atoms with E-state index in [1.807, 2.05) is 0 Å². The number of non-ortho nitro benzene ring substituents is 1. The molecule has 0 aliphatic carbocycles. The van der Waals surface area contributed by atoms with Gasteiger partial charge in [-0.05, 0) is 42.3 Å². The third-order valence-corrected chi connectivity index (χ3v) is 5.13. The second-order valence-corrected chi connectivity index (χ2v) is 7.04. The summed E-state index contributed by atoms with van der Waals surface area (Å²) in [6.45, 7) is 0.480. The van der Waals surface area contributed by atoms with E-state index in [1.165, 1.54) is 55.5 Å². The minimum Gasteiger partial charge on any atom is -0.507 e. The van der Waals surface area contributed by atoms with E-state index in [4.69, 9.17) is 9.47 Å². The van der Waals surface area contributed by atoms with Crippen molar-refractivity contribution in [1.82, 2.24) is 4.90 Å². The maximum atomic E-state index is 14.2. The summed E-state index contributed by atoms with van der Waals surface area (Å²) >= 11 is 0. The van der Waals surface area contributed by atoms with Crippen molar-refractivity contribution in [1.29, 1.82) is 0 Å². The van der Waals surface area contributed by atoms with Crippen LogP contribution >= 0.6 is 0 Å². The van der Waals surface area contributed by atoms with Crippen LogP contribution in [0.3, 0.4) is 0 Å². The number of nitrogens with zero attached hydrogens (tertiary/aromatic N) is 2. The van der Waals surface area contributed by atoms with Crippen LogP contribution in [0.4, 0.5) is 10.1 Å². The van der Waals surface area contributed by atoms with Crippen LogP contribution in [0.25, 0.3) is 5.76 Å². The smallest absolute Gasteiger partial charge is 0.295 e. The molecule has 1 heterocycles. The summed E-state index contributed by atoms with van der Waals surface area (Å²) in [5.74, 6) is -3.12. The minimum atomic E-state index is -1.00. The first-order valence-corrected chi connectivity index (χ1v) is 9.65. The molecule has 0 unspecified atom stereocenters. The largest absolute Gasteiger partial charge is 0.507 e. The van der Waals surface area contributed by atoms with Gasteiger partial charge >= 0.3 is 0 Å². The van der Waals surface area contributed by atoms with Gasteiger partial charge in [-0.1, -0.05) is 0 Å². The molecule has 9 nitrogen and oxygen atoms in total. The molecule has 1 aliphatic rings. The van der Waals surface area contributed by atoms with Crippen molar-refractivity contribution in [2.45, 2.75) is 12.5 Å². The molecule has 1 saturated heterocycles. The molecule has 0 saturated carbocycles. The number of Topliss-reactive ketones (excluding diaryl/α,β-unsaturated/α-hetero) is 1. The highest BCUT2D eigenvalue weighted by atomic mass is 19.1. The molecule has 3 rings (SSSR count). The fraction of sp³-hybridized carbons (Fsp3) is 0.273. The van der Waals surface area contributed by atoms with Gasteiger partial charge in [0.15, 0.2) is 11.6 Å². The third kappa shape index (κ3) is 4.30. The number of hydrogen-bond donors (Lipinski definition) is 1. The molecule has 1 atom stereocenters. The van der Waals surface area contributed by atoms with Crippen molar-refractivity contribution in [3.63, 3.8) is 0 Å². The number of amides is 1. The van der Waals surface area contributed by atoms with Crippen molar-refractivity contribution in [3.8, 4) is 5.75 Å². The number of rotatable bonds is 8. The van der Waals surface area contributed by atoms with Crippen molar-refractivity contribution in [2.75, 3.05) is 27.4 Å². The van der Waals surface area contributed by atoms with Crippen LogP contribution in [0, 0.1) is 15.9 Å². The van der Waals surface area contributed by atoms with Crippen LogP contribution in [0.1, 0.15) is 23.6 Å². The van der Waals surface area contributed by atoms with E-state index in [0.29, 0.717) is 18.6 Å². The summed E-state index contributed by atoms with van der Waals surface area (Å²) in [7, 11) is 2.79. The zero-order chi connectivity index (χ0) is 23.4. The molecule has 2 aromatic carbocycles. The van der Waals surface area contributed by atoms with Gasteiger partial charge in [-0.2, -0.15) is 0 Å². The second-order valence-electron chi connectivity index (χ2n) is 7.04. The standard InChI is InChI=1S/C22H21FN2O7/c1-31-11-3-10-24-19(13-4-7-15(8-5-13)25(29)30)18(21(27)22(24)28)20(26)14-6-9-17(32-2)16(23)12-14/h4-9,12,19,26H,3,10-11H2,1-2H3/t19-/m0/s1. The van der Waals surface area contributed by atoms with Crippen molar-refractivity contribution in [2.24, 2.45) is 0 Å². The molecule has 0 bridgehead atoms. The Kier molecular flexibility index (Phi) is 6.84. The molecule has 2 aromatic rings. The maximum Gasteiger partial charge on any atom is 0.295 e. The van der Waals surface area contributed by atoms with Gasteiger partial charge in [0, 0.05) is 38.0 Å². The number of nitro groups is 1. The molecule has 0 spiro atoms. The van der Waals surface area contributed by atoms with Crippen LogP contribution in [-0.2, 0) is 14.3 Å². The monoisotopic (exact) mass is 444 g/mol. The molecular formula is C22H21FN2O7. The lowest BCUT2D eigenvalue weighted by Crippen LogP contribution is -2.31. The number of halogens is 1. The van der Waals surface area contributed by atoms with Gasteiger partial charge in [-0.3, -0.25) is 19.7 Å². The number of aliphatic hydroxyl groups excluding tert-OH is 1. The van der Waals surface area contributed by atoms with E-state index in [1.54, 1.807) is 0 Å². The SMILES string of the molecule is COCCCN1C(=O)C(=O)C(=C(O)c2ccc(OC)c(F)c2)[C@@H]1c1ccc([N+](=O)[O-])cc1. The molecule has 1 fully saturated rings. The normalized spacial score (nSPS) is 17.6. The van der Waals surface area contributed by atoms with Gasteiger partial charge in [0.05, 0.1) is 23.6 Å². The topological polar surface area (TPSA) is 119 Å². The lowest BCUT2D eigenvalue weighted by atomic mass is 9.95. The van der Waals surface area contributed by atoms with Gasteiger partial charge in [0.25, 0.3) is 17.4 Å². The quantitative estimate of drug-likeness (QED) is 0.166. The average Bonchev–Trinajstić information content (AvgIpc) is 3.03. The molecule has 0 radical (unpaired) electrons. The number of carbonyl (C=O) groups excluding carboxylic acids is 2. The first-order chi connectivity index (χ1) is 15.3. The van der Waals surface area contributed by atoms with Crippen LogP contribution < -0.4 is 4.74 Å². The number of ether oxygens (including phenoxy) is 2. The van der Waals surface area contributed by atoms with E-state index in [9.17, 15) is 29.2 Å². The molecule has 10 heteroatoms. The Labute approximate surface area is 182 Å². The molecule has 32 heavy (non-hydrogen) atoms. The number of carbonyl (C=O) groups is 2. The van der Waals surface area contributed by atoms with Crippen LogP contribution in [0.5, 0.6) is 5.75 Å². The van der Waals surface area contributed by atoms with E-state index in [2.05, 4.69) is 0 Å². The van der Waals surface area contributed by atoms with Crippen LogP contribution in [0.15, 0.2) is 48.0 Å². The predicted molar refractivity (Wildman–Crippen MR) is 112 cm³/mol. The van der Waals surface area contributed by atoms with E-state index in [-0.39, 0.29) is 29.1 Å². The third-order valence-electron chi connectivity index (χ3n) is 5.13. The molecule has 1 amide bonds. The fourth-order valence-electron chi connectivity index (χ4n) is 3.58. The molecule has 1 aliphatic heterocycles. The summed E-state index contributed by atoms with van der Waals surface area (Å²) in [4.78, 5) is 37.3. The Morgan fingerprint density at radius 2 is 1.88 bits per heavy atom. The van der Waals surface area contributed by atoms with Gasteiger partial charge < -0.3 is 19.5 Å². The summed E-state index contributed by atoms with van der Waals surface area (Å²) in [5, 5.41) is 21.9. The summed E-state index contributed by atoms with van der Waals surface area (Å²) in [6, 6.07) is 7.98. The number of benzene rings is 2. The second kappa shape index (κ2) is 9.56. The highest BCUT2D eigenvalue weighted by molar-refractivity contribution is 6.46. The van der Waals surface area contributed by atoms with E-state index in [0.717, 1.165) is 6.07 Å². The van der Waals surface area contributed by atoms with Crippen LogP contribution in [0.2, 0.25) is 0 Å². The number of nitro benzene ring substituents is 1. The molecule has 168 valence electrons. The number of likely N-dealkylation sites (tertiary alicyclic amines) is 1. The van der Waals surface area contributed by atoms with Crippen molar-refractivity contribution >= 4 is 23.1 Å². The van der Waals surface area contributed by atoms with E-state index < -0.39 is 34.2 Å². The zero-order valence-corrected chi connectivity index (χ0v) is 17.4. The zero-order valence-electron chi connectivity index (χ0n) is 17.4. The lowest BCUT2D eigenvalue weighted by molar-refractivity contribution is -0.384. The summed E-state index contributed by atoms with van der Waals surface area (Å²) in [6.07, 6.45) is 0.421. The van der Waals surface area contributed by atoms with Gasteiger partial charge in [0.2, 0.25) is 0 Å². The Balaban J connectivity index is 2.13. The molecular weight excluding hydrogens is 423 g/mol. The van der Waals surface area contributed by atoms with Gasteiger partial charge in [0.1, 0.15) is 5.76 Å². The Morgan fingerprint density at radius 3 is 2.44 bits per heavy atom. The molecule has 0 aromatic heterocycles. The Morgan fingerprint density at radius 1 is 1.19 bits per heavy atom. The number of aliphatic hydroxyl groups is 1. The number of methoxy groups -OCH3 is 2. The highest BCUT2D eigenvalue weighted by Gasteiger charge is 2.45. The number of hydrogen-bond acceptors (Lipinski definition) is 7. The van der Waals surface area contributed by atoms with E-state index >= 15 is 0 Å². The average molecular weight is 444 g/mol. The Bertz CT molecular complexity index is 1080. The maximum absolute atomic E-state index is 14.2. The van der Waals surface area contributed by atoms with Crippen molar-refractivity contribution in [3.05, 3.63) is 75.1 Å². The van der Waals surface area contributed by atoms with Crippen LogP contribution in [-0.4, -0.2) is 54.0 Å². The number of ketones is 1. The molecule has 1 N–H and O–H groups in total. The van der Waals surface area contributed by atoms with Gasteiger partial charge in [-0.15, -0.1) is 0 Å². The van der Waals surface area contributed by atoms with Gasteiger partial charge in [-0.25, -0.2) is 4.39 Å². The first kappa shape index (κ1) is 22.9. The predicted octanol–water partition coefficient (Wildman–Crippen LogP) is 3.20. The fourth-order valence-corrected chi connectivity index (χ4v) is 3.58. The minimum absolute atomic E-state index is 0.00916.